The number of hydrogen-bond donors (Lipinski definition) is 1. The lowest BCUT2D eigenvalue weighted by molar-refractivity contribution is -0.117. The molecule has 29 heavy (non-hydrogen) atoms. The highest BCUT2D eigenvalue weighted by Gasteiger charge is 2.34. The van der Waals surface area contributed by atoms with Crippen LogP contribution in [0.3, 0.4) is 0 Å². The number of nitrogens with one attached hydrogen (secondary N) is 1. The Labute approximate surface area is 166 Å². The number of nitrogens with zero attached hydrogens (tertiary/aromatic N) is 3. The summed E-state index contributed by atoms with van der Waals surface area (Å²) in [6.07, 6.45) is 0.242. The topological polar surface area (TPSA) is 88.3 Å². The van der Waals surface area contributed by atoms with Crippen molar-refractivity contribution < 1.29 is 18.5 Å². The first-order chi connectivity index (χ1) is 14.0. The predicted octanol–water partition coefficient (Wildman–Crippen LogP) is 2.97. The Hall–Kier alpha value is -3.55. The van der Waals surface area contributed by atoms with Gasteiger partial charge >= 0.3 is 0 Å². The van der Waals surface area contributed by atoms with Crippen LogP contribution in [0.2, 0.25) is 0 Å². The van der Waals surface area contributed by atoms with Crippen LogP contribution < -0.4 is 10.2 Å². The quantitative estimate of drug-likeness (QED) is 0.719. The first kappa shape index (κ1) is 18.8. The van der Waals surface area contributed by atoms with E-state index in [1.165, 1.54) is 6.07 Å². The highest BCUT2D eigenvalue weighted by atomic mass is 19.1. The Bertz CT molecular complexity index is 1050. The van der Waals surface area contributed by atoms with Gasteiger partial charge in [0.1, 0.15) is 5.82 Å². The molecule has 0 aliphatic carbocycles. The standard InChI is InChI=1S/C21H19FN4O3/c1-13-9-16(7-8-17(13)22)26-12-15(10-19(26)27)20-24-18(29-25-20)11-23-21(28)14-5-3-2-4-6-14/h2-9,15H,10-12H2,1H3,(H,23,28). The number of hydrogen-bond acceptors (Lipinski definition) is 5. The van der Waals surface area contributed by atoms with Gasteiger partial charge < -0.3 is 14.7 Å². The molecule has 8 heteroatoms. The molecule has 2 aromatic carbocycles. The van der Waals surface area contributed by atoms with Crippen molar-refractivity contribution in [2.24, 2.45) is 0 Å². The molecule has 1 aliphatic rings. The number of amides is 2. The smallest absolute Gasteiger partial charge is 0.251 e. The van der Waals surface area contributed by atoms with Crippen molar-refractivity contribution in [2.45, 2.75) is 25.8 Å². The van der Waals surface area contributed by atoms with Gasteiger partial charge in [0.25, 0.3) is 5.91 Å². The van der Waals surface area contributed by atoms with E-state index >= 15 is 0 Å². The second-order valence-electron chi connectivity index (χ2n) is 6.93. The number of halogens is 1. The van der Waals surface area contributed by atoms with E-state index in [0.29, 0.717) is 29.2 Å². The van der Waals surface area contributed by atoms with Gasteiger partial charge in [-0.2, -0.15) is 4.98 Å². The van der Waals surface area contributed by atoms with Crippen molar-refractivity contribution in [3.05, 3.63) is 77.2 Å². The van der Waals surface area contributed by atoms with Crippen LogP contribution >= 0.6 is 0 Å². The van der Waals surface area contributed by atoms with Crippen LogP contribution in [0.4, 0.5) is 10.1 Å². The van der Waals surface area contributed by atoms with Gasteiger partial charge in [-0.15, -0.1) is 0 Å². The zero-order valence-electron chi connectivity index (χ0n) is 15.8. The number of benzene rings is 2. The van der Waals surface area contributed by atoms with Gasteiger partial charge in [0.2, 0.25) is 11.8 Å². The van der Waals surface area contributed by atoms with Crippen molar-refractivity contribution in [1.29, 1.82) is 0 Å². The molecule has 148 valence electrons. The van der Waals surface area contributed by atoms with E-state index in [4.69, 9.17) is 4.52 Å². The summed E-state index contributed by atoms with van der Waals surface area (Å²) in [5.41, 5.74) is 1.67. The van der Waals surface area contributed by atoms with E-state index in [-0.39, 0.29) is 42.4 Å². The van der Waals surface area contributed by atoms with Gasteiger partial charge in [-0.1, -0.05) is 23.4 Å². The van der Waals surface area contributed by atoms with E-state index in [1.807, 2.05) is 6.07 Å². The highest BCUT2D eigenvalue weighted by molar-refractivity contribution is 5.96. The average molecular weight is 394 g/mol. The molecule has 1 aliphatic heterocycles. The normalized spacial score (nSPS) is 16.3. The molecule has 1 N–H and O–H groups in total. The van der Waals surface area contributed by atoms with Crippen LogP contribution in [0.1, 0.15) is 40.0 Å². The first-order valence-corrected chi connectivity index (χ1v) is 9.23. The zero-order chi connectivity index (χ0) is 20.4. The maximum absolute atomic E-state index is 13.5. The summed E-state index contributed by atoms with van der Waals surface area (Å²) in [6.45, 7) is 2.15. The van der Waals surface area contributed by atoms with Gasteiger partial charge in [0.15, 0.2) is 5.82 Å². The lowest BCUT2D eigenvalue weighted by Gasteiger charge is -2.16. The molecular formula is C21H19FN4O3. The number of anilines is 1. The number of rotatable bonds is 5. The molecule has 0 saturated carbocycles. The lowest BCUT2D eigenvalue weighted by atomic mass is 10.1. The first-order valence-electron chi connectivity index (χ1n) is 9.23. The fourth-order valence-corrected chi connectivity index (χ4v) is 3.28. The second kappa shape index (κ2) is 7.83. The van der Waals surface area contributed by atoms with Crippen molar-refractivity contribution in [1.82, 2.24) is 15.5 Å². The Kier molecular flexibility index (Phi) is 5.07. The maximum Gasteiger partial charge on any atom is 0.251 e. The van der Waals surface area contributed by atoms with Crippen LogP contribution in [0.5, 0.6) is 0 Å². The Balaban J connectivity index is 1.40. The summed E-state index contributed by atoms with van der Waals surface area (Å²) in [7, 11) is 0. The van der Waals surface area contributed by atoms with Crippen LogP contribution in [0, 0.1) is 12.7 Å². The summed E-state index contributed by atoms with van der Waals surface area (Å²) in [4.78, 5) is 30.4. The third-order valence-corrected chi connectivity index (χ3v) is 4.86. The van der Waals surface area contributed by atoms with Crippen LogP contribution in [-0.2, 0) is 11.3 Å². The van der Waals surface area contributed by atoms with E-state index in [0.717, 1.165) is 0 Å². The van der Waals surface area contributed by atoms with Gasteiger partial charge in [-0.05, 0) is 42.8 Å². The summed E-state index contributed by atoms with van der Waals surface area (Å²) in [5.74, 6) is -0.159. The van der Waals surface area contributed by atoms with E-state index in [9.17, 15) is 14.0 Å². The summed E-state index contributed by atoms with van der Waals surface area (Å²) < 4.78 is 18.7. The van der Waals surface area contributed by atoms with E-state index in [1.54, 1.807) is 48.2 Å². The highest BCUT2D eigenvalue weighted by Crippen LogP contribution is 2.31. The molecule has 1 unspecified atom stereocenters. The molecule has 1 fully saturated rings. The Morgan fingerprint density at radius 3 is 2.83 bits per heavy atom. The van der Waals surface area contributed by atoms with Crippen LogP contribution in [0.15, 0.2) is 53.1 Å². The fraction of sp³-hybridized carbons (Fsp3) is 0.238. The Morgan fingerprint density at radius 2 is 2.07 bits per heavy atom. The van der Waals surface area contributed by atoms with Gasteiger partial charge in [0, 0.05) is 30.1 Å². The molecule has 0 bridgehead atoms. The van der Waals surface area contributed by atoms with Crippen molar-refractivity contribution in [2.75, 3.05) is 11.4 Å². The number of aromatic nitrogens is 2. The van der Waals surface area contributed by atoms with Gasteiger partial charge in [-0.3, -0.25) is 9.59 Å². The van der Waals surface area contributed by atoms with E-state index < -0.39 is 0 Å². The lowest BCUT2D eigenvalue weighted by Crippen LogP contribution is -2.24. The molecule has 4 rings (SSSR count). The molecule has 3 aromatic rings. The molecule has 0 spiro atoms. The SMILES string of the molecule is Cc1cc(N2CC(c3noc(CNC(=O)c4ccccc4)n3)CC2=O)ccc1F. The Morgan fingerprint density at radius 1 is 1.28 bits per heavy atom. The molecular weight excluding hydrogens is 375 g/mol. The molecule has 0 radical (unpaired) electrons. The summed E-state index contributed by atoms with van der Waals surface area (Å²) >= 11 is 0. The molecule has 1 aromatic heterocycles. The monoisotopic (exact) mass is 394 g/mol. The third kappa shape index (κ3) is 4.01. The minimum Gasteiger partial charge on any atom is -0.343 e. The molecule has 1 atom stereocenters. The van der Waals surface area contributed by atoms with Crippen molar-refractivity contribution in [3.8, 4) is 0 Å². The van der Waals surface area contributed by atoms with E-state index in [2.05, 4.69) is 15.5 Å². The molecule has 2 heterocycles. The number of carbonyl (C=O) groups excluding carboxylic acids is 2. The minimum atomic E-state index is -0.308. The number of aryl methyl sites for hydroxylation is 1. The van der Waals surface area contributed by atoms with Gasteiger partial charge in [0.05, 0.1) is 6.54 Å². The average Bonchev–Trinajstić information content (AvgIpc) is 3.35. The van der Waals surface area contributed by atoms with Crippen molar-refractivity contribution >= 4 is 17.5 Å². The maximum atomic E-state index is 13.5. The summed E-state index contributed by atoms with van der Waals surface area (Å²) in [5, 5.41) is 6.69. The summed E-state index contributed by atoms with van der Waals surface area (Å²) in [6, 6.07) is 13.4. The number of carbonyl (C=O) groups is 2. The minimum absolute atomic E-state index is 0.0789. The van der Waals surface area contributed by atoms with Crippen LogP contribution in [0.25, 0.3) is 0 Å². The largest absolute Gasteiger partial charge is 0.343 e. The zero-order valence-corrected chi connectivity index (χ0v) is 15.8. The second-order valence-corrected chi connectivity index (χ2v) is 6.93. The third-order valence-electron chi connectivity index (χ3n) is 4.86. The van der Waals surface area contributed by atoms with Crippen LogP contribution in [-0.4, -0.2) is 28.5 Å². The molecule has 7 nitrogen and oxygen atoms in total. The van der Waals surface area contributed by atoms with Gasteiger partial charge in [-0.25, -0.2) is 4.39 Å². The van der Waals surface area contributed by atoms with Crippen molar-refractivity contribution in [3.63, 3.8) is 0 Å². The molecule has 2 amide bonds. The molecule has 1 saturated heterocycles. The predicted molar refractivity (Wildman–Crippen MR) is 103 cm³/mol. The fourth-order valence-electron chi connectivity index (χ4n) is 3.28.